The van der Waals surface area contributed by atoms with Crippen molar-refractivity contribution in [2.45, 2.75) is 12.4 Å². The molecule has 0 radical (unpaired) electrons. The van der Waals surface area contributed by atoms with Gasteiger partial charge in [0.05, 0.1) is 5.56 Å². The molecule has 0 bridgehead atoms. The van der Waals surface area contributed by atoms with E-state index in [-0.39, 0.29) is 23.5 Å². The Bertz CT molecular complexity index is 996. The first kappa shape index (κ1) is 20.3. The molecule has 4 nitrogen and oxygen atoms in total. The number of alkyl halides is 6. The van der Waals surface area contributed by atoms with Gasteiger partial charge in [0, 0.05) is 35.8 Å². The van der Waals surface area contributed by atoms with Crippen LogP contribution in [0.5, 0.6) is 11.6 Å². The Hall–Kier alpha value is -3.43. The number of hydrogen-bond acceptors (Lipinski definition) is 4. The van der Waals surface area contributed by atoms with Gasteiger partial charge in [0.2, 0.25) is 5.88 Å². The summed E-state index contributed by atoms with van der Waals surface area (Å²) in [4.78, 5) is 11.7. The molecule has 3 rings (SSSR count). The average molecular weight is 411 g/mol. The van der Waals surface area contributed by atoms with Crippen LogP contribution in [0.1, 0.15) is 11.4 Å². The van der Waals surface area contributed by atoms with E-state index >= 15 is 0 Å². The zero-order valence-electron chi connectivity index (χ0n) is 14.4. The molecule has 150 valence electrons. The molecule has 1 aromatic carbocycles. The number of ether oxygens (including phenoxy) is 1. The maximum Gasteiger partial charge on any atom is 0.416 e. The Morgan fingerprint density at radius 2 is 1.48 bits per heavy atom. The largest absolute Gasteiger partial charge is 0.438 e. The molecular weight excluding hydrogens is 400 g/mol. The van der Waals surface area contributed by atoms with E-state index in [1.807, 2.05) is 0 Å². The van der Waals surface area contributed by atoms with Crippen molar-refractivity contribution in [3.8, 4) is 22.8 Å². The average Bonchev–Trinajstić information content (AvgIpc) is 2.66. The van der Waals surface area contributed by atoms with E-state index < -0.39 is 17.9 Å². The van der Waals surface area contributed by atoms with Gasteiger partial charge in [-0.15, -0.1) is 0 Å². The normalized spacial score (nSPS) is 12.3. The summed E-state index contributed by atoms with van der Waals surface area (Å²) in [5, 5.41) is 0. The van der Waals surface area contributed by atoms with Crippen molar-refractivity contribution in [2.24, 2.45) is 0 Å². The minimum absolute atomic E-state index is 0.0191. The van der Waals surface area contributed by atoms with Crippen LogP contribution in [0.3, 0.4) is 0 Å². The Labute approximate surface area is 160 Å². The lowest BCUT2D eigenvalue weighted by Gasteiger charge is -2.11. The molecule has 0 amide bonds. The van der Waals surface area contributed by atoms with Gasteiger partial charge in [-0.1, -0.05) is 0 Å². The number of benzene rings is 1. The van der Waals surface area contributed by atoms with Gasteiger partial charge >= 0.3 is 12.4 Å². The molecule has 0 fully saturated rings. The van der Waals surface area contributed by atoms with E-state index in [2.05, 4.69) is 15.0 Å². The fourth-order valence-electron chi connectivity index (χ4n) is 2.25. The SMILES string of the molecule is FC(F)(F)/C=C\c1ncc(-c2cccnc2Oc2ccc(C(F)(F)F)cc2)cn1. The zero-order valence-corrected chi connectivity index (χ0v) is 14.4. The Kier molecular flexibility index (Phi) is 5.53. The van der Waals surface area contributed by atoms with Crippen molar-refractivity contribution in [3.05, 3.63) is 72.5 Å². The van der Waals surface area contributed by atoms with Crippen LogP contribution < -0.4 is 4.74 Å². The van der Waals surface area contributed by atoms with Crippen LogP contribution in [0.15, 0.2) is 61.1 Å². The maximum atomic E-state index is 12.7. The first-order valence-electron chi connectivity index (χ1n) is 8.00. The van der Waals surface area contributed by atoms with Crippen molar-refractivity contribution in [1.82, 2.24) is 15.0 Å². The van der Waals surface area contributed by atoms with Crippen LogP contribution in [-0.4, -0.2) is 21.1 Å². The van der Waals surface area contributed by atoms with Gasteiger partial charge in [0.15, 0.2) is 5.82 Å². The smallest absolute Gasteiger partial charge is 0.416 e. The van der Waals surface area contributed by atoms with Gasteiger partial charge in [-0.05, 0) is 42.5 Å². The summed E-state index contributed by atoms with van der Waals surface area (Å²) in [6, 6.07) is 7.26. The molecule has 0 unspecified atom stereocenters. The molecule has 3 aromatic rings. The van der Waals surface area contributed by atoms with Crippen LogP contribution in [0.4, 0.5) is 26.3 Å². The molecule has 0 aliphatic heterocycles. The van der Waals surface area contributed by atoms with Gasteiger partial charge in [0.1, 0.15) is 5.75 Å². The lowest BCUT2D eigenvalue weighted by atomic mass is 10.1. The zero-order chi connectivity index (χ0) is 21.1. The molecule has 10 heteroatoms. The van der Waals surface area contributed by atoms with Crippen molar-refractivity contribution in [3.63, 3.8) is 0 Å². The number of pyridine rings is 1. The predicted molar refractivity (Wildman–Crippen MR) is 91.9 cm³/mol. The molecule has 0 atom stereocenters. The summed E-state index contributed by atoms with van der Waals surface area (Å²) in [5.74, 6) is 0.0678. The lowest BCUT2D eigenvalue weighted by molar-refractivity contribution is -0.137. The second-order valence-corrected chi connectivity index (χ2v) is 5.69. The Balaban J connectivity index is 1.83. The number of hydrogen-bond donors (Lipinski definition) is 0. The maximum absolute atomic E-state index is 12.7. The minimum atomic E-state index is -4.48. The topological polar surface area (TPSA) is 47.9 Å². The molecule has 29 heavy (non-hydrogen) atoms. The molecule has 0 spiro atoms. The summed E-state index contributed by atoms with van der Waals surface area (Å²) in [6.07, 6.45) is -4.19. The highest BCUT2D eigenvalue weighted by molar-refractivity contribution is 5.67. The van der Waals surface area contributed by atoms with Gasteiger partial charge < -0.3 is 4.74 Å². The fraction of sp³-hybridized carbons (Fsp3) is 0.105. The first-order valence-corrected chi connectivity index (χ1v) is 8.00. The number of rotatable bonds is 4. The van der Waals surface area contributed by atoms with Crippen LogP contribution >= 0.6 is 0 Å². The van der Waals surface area contributed by atoms with Crippen molar-refractivity contribution < 1.29 is 31.1 Å². The third-order valence-corrected chi connectivity index (χ3v) is 3.57. The van der Waals surface area contributed by atoms with Crippen molar-refractivity contribution >= 4 is 6.08 Å². The molecule has 0 aliphatic rings. The molecule has 0 aliphatic carbocycles. The van der Waals surface area contributed by atoms with Crippen molar-refractivity contribution in [1.29, 1.82) is 0 Å². The predicted octanol–water partition coefficient (Wildman–Crippen LogP) is 5.93. The minimum Gasteiger partial charge on any atom is -0.438 e. The number of allylic oxidation sites excluding steroid dienone is 1. The van der Waals surface area contributed by atoms with Crippen molar-refractivity contribution in [2.75, 3.05) is 0 Å². The number of aromatic nitrogens is 3. The highest BCUT2D eigenvalue weighted by Gasteiger charge is 2.30. The molecule has 0 N–H and O–H groups in total. The molecule has 0 saturated heterocycles. The van der Waals surface area contributed by atoms with Gasteiger partial charge in [-0.25, -0.2) is 15.0 Å². The summed E-state index contributed by atoms with van der Waals surface area (Å²) >= 11 is 0. The summed E-state index contributed by atoms with van der Waals surface area (Å²) < 4.78 is 80.1. The molecule has 0 saturated carbocycles. The van der Waals surface area contributed by atoms with E-state index in [0.717, 1.165) is 30.3 Å². The fourth-order valence-corrected chi connectivity index (χ4v) is 2.25. The molecule has 2 aromatic heterocycles. The quantitative estimate of drug-likeness (QED) is 0.500. The Morgan fingerprint density at radius 3 is 2.07 bits per heavy atom. The molecular formula is C19H11F6N3O. The van der Waals surface area contributed by atoms with E-state index in [0.29, 0.717) is 11.1 Å². The second kappa shape index (κ2) is 7.90. The second-order valence-electron chi connectivity index (χ2n) is 5.69. The number of nitrogens with zero attached hydrogens (tertiary/aromatic N) is 3. The number of halogens is 6. The third kappa shape index (κ3) is 5.53. The lowest BCUT2D eigenvalue weighted by Crippen LogP contribution is -2.04. The highest BCUT2D eigenvalue weighted by Crippen LogP contribution is 2.33. The third-order valence-electron chi connectivity index (χ3n) is 3.57. The summed E-state index contributed by atoms with van der Waals surface area (Å²) in [6.45, 7) is 0. The van der Waals surface area contributed by atoms with Gasteiger partial charge in [-0.3, -0.25) is 0 Å². The van der Waals surface area contributed by atoms with Crippen LogP contribution in [-0.2, 0) is 6.18 Å². The summed E-state index contributed by atoms with van der Waals surface area (Å²) in [7, 11) is 0. The van der Waals surface area contributed by atoms with Crippen LogP contribution in [0.25, 0.3) is 17.2 Å². The van der Waals surface area contributed by atoms with Crippen LogP contribution in [0, 0.1) is 0 Å². The highest BCUT2D eigenvalue weighted by atomic mass is 19.4. The standard InChI is InChI=1S/C19H11F6N3O/c20-18(21,22)8-7-16-27-10-12(11-28-16)15-2-1-9-26-17(15)29-14-5-3-13(4-6-14)19(23,24)25/h1-11H/b8-7-. The van der Waals surface area contributed by atoms with Gasteiger partial charge in [0.25, 0.3) is 0 Å². The van der Waals surface area contributed by atoms with E-state index in [1.54, 1.807) is 12.1 Å². The van der Waals surface area contributed by atoms with Crippen LogP contribution in [0.2, 0.25) is 0 Å². The van der Waals surface area contributed by atoms with E-state index in [4.69, 9.17) is 4.74 Å². The monoisotopic (exact) mass is 411 g/mol. The van der Waals surface area contributed by atoms with E-state index in [1.165, 1.54) is 18.6 Å². The summed E-state index contributed by atoms with van der Waals surface area (Å²) in [5.41, 5.74) is 0.00455. The first-order chi connectivity index (χ1) is 13.6. The van der Waals surface area contributed by atoms with Gasteiger partial charge in [-0.2, -0.15) is 26.3 Å². The van der Waals surface area contributed by atoms with E-state index in [9.17, 15) is 26.3 Å². The Morgan fingerprint density at radius 1 is 0.828 bits per heavy atom. The molecule has 2 heterocycles.